The molecule has 0 saturated carbocycles. The van der Waals surface area contributed by atoms with E-state index < -0.39 is 62.8 Å². The Morgan fingerprint density at radius 2 is 1.72 bits per heavy atom. The molecule has 0 aromatic heterocycles. The molecule has 14 nitrogen and oxygen atoms in total. The summed E-state index contributed by atoms with van der Waals surface area (Å²) in [5.41, 5.74) is 1.02. The van der Waals surface area contributed by atoms with Crippen molar-refractivity contribution in [3.63, 3.8) is 0 Å². The second kappa shape index (κ2) is 16.2. The molecule has 2 aromatic rings. The minimum Gasteiger partial charge on any atom is -0.872 e. The lowest BCUT2D eigenvalue weighted by Gasteiger charge is -2.30. The molecule has 2 amide bonds. The van der Waals surface area contributed by atoms with Gasteiger partial charge in [0.1, 0.15) is 5.84 Å². The molecule has 15 heteroatoms. The SMILES string of the molecule is C[NH2+]C(OC(=O)NC(=N)c1ccc([O-])c(S(=O)(=O)N(CCc2ccc(C(C)C)cc2)CC(=O)N2CCOCC2)c1)OC(=O)C(C)(C)C. The number of nitrogens with one attached hydrogen (secondary N) is 2. The lowest BCUT2D eigenvalue weighted by molar-refractivity contribution is -0.735. The Labute approximate surface area is 275 Å². The van der Waals surface area contributed by atoms with Crippen LogP contribution in [0.1, 0.15) is 57.2 Å². The number of carbonyl (C=O) groups is 3. The van der Waals surface area contributed by atoms with E-state index in [1.807, 2.05) is 24.3 Å². The number of esters is 1. The van der Waals surface area contributed by atoms with Crippen LogP contribution >= 0.6 is 0 Å². The summed E-state index contributed by atoms with van der Waals surface area (Å²) in [5.74, 6) is -2.13. The second-order valence-electron chi connectivity index (χ2n) is 12.4. The molecule has 1 unspecified atom stereocenters. The summed E-state index contributed by atoms with van der Waals surface area (Å²) < 4.78 is 44.5. The van der Waals surface area contributed by atoms with Crippen molar-refractivity contribution in [3.8, 4) is 5.75 Å². The van der Waals surface area contributed by atoms with Gasteiger partial charge in [-0.25, -0.2) is 13.2 Å². The average molecular weight is 676 g/mol. The van der Waals surface area contributed by atoms with Crippen LogP contribution in [0.5, 0.6) is 5.75 Å². The maximum Gasteiger partial charge on any atom is 0.420 e. The highest BCUT2D eigenvalue weighted by atomic mass is 32.2. The fraction of sp³-hybridized carbons (Fsp3) is 0.500. The van der Waals surface area contributed by atoms with Gasteiger partial charge in [0.2, 0.25) is 15.9 Å². The van der Waals surface area contributed by atoms with Gasteiger partial charge in [-0.3, -0.25) is 25.6 Å². The smallest absolute Gasteiger partial charge is 0.420 e. The van der Waals surface area contributed by atoms with Gasteiger partial charge < -0.3 is 24.2 Å². The predicted octanol–water partition coefficient (Wildman–Crippen LogP) is 1.09. The number of morpholine rings is 1. The number of amidine groups is 1. The lowest BCUT2D eigenvalue weighted by Crippen LogP contribution is -2.88. The van der Waals surface area contributed by atoms with E-state index in [0.29, 0.717) is 32.2 Å². The minimum atomic E-state index is -4.55. The first-order valence-corrected chi connectivity index (χ1v) is 16.8. The number of quaternary nitrogens is 1. The number of amides is 2. The molecule has 1 fully saturated rings. The lowest BCUT2D eigenvalue weighted by atomic mass is 9.97. The third kappa shape index (κ3) is 10.5. The number of alkyl carbamates (subject to hydrolysis) is 1. The first kappa shape index (κ1) is 37.4. The fourth-order valence-electron chi connectivity index (χ4n) is 4.43. The van der Waals surface area contributed by atoms with Gasteiger partial charge in [-0.1, -0.05) is 56.0 Å². The van der Waals surface area contributed by atoms with Crippen LogP contribution in [0.15, 0.2) is 47.4 Å². The van der Waals surface area contributed by atoms with Crippen LogP contribution < -0.4 is 15.7 Å². The molecule has 3 rings (SSSR count). The van der Waals surface area contributed by atoms with Crippen molar-refractivity contribution in [1.29, 1.82) is 5.41 Å². The van der Waals surface area contributed by atoms with E-state index in [1.54, 1.807) is 20.8 Å². The Kier molecular flexibility index (Phi) is 12.9. The molecule has 0 radical (unpaired) electrons. The molecule has 1 heterocycles. The van der Waals surface area contributed by atoms with Gasteiger partial charge in [-0.05, 0) is 50.3 Å². The van der Waals surface area contributed by atoms with Crippen molar-refractivity contribution < 1.29 is 47.4 Å². The number of sulfonamides is 1. The van der Waals surface area contributed by atoms with Crippen molar-refractivity contribution >= 4 is 33.8 Å². The number of nitrogens with two attached hydrogens (primary N) is 1. The number of nitrogens with zero attached hydrogens (tertiary/aromatic N) is 2. The molecule has 0 aliphatic carbocycles. The summed E-state index contributed by atoms with van der Waals surface area (Å²) >= 11 is 0. The van der Waals surface area contributed by atoms with Crippen LogP contribution in [0.25, 0.3) is 0 Å². The van der Waals surface area contributed by atoms with Gasteiger partial charge >= 0.3 is 18.5 Å². The molecule has 258 valence electrons. The van der Waals surface area contributed by atoms with Crippen molar-refractivity contribution in [2.45, 2.75) is 58.3 Å². The number of rotatable bonds is 12. The predicted molar refractivity (Wildman–Crippen MR) is 170 cm³/mol. The van der Waals surface area contributed by atoms with Gasteiger partial charge in [0, 0.05) is 25.2 Å². The van der Waals surface area contributed by atoms with E-state index in [2.05, 4.69) is 19.2 Å². The molecular weight excluding hydrogens is 630 g/mol. The van der Waals surface area contributed by atoms with Crippen LogP contribution in [0.4, 0.5) is 4.79 Å². The molecule has 4 N–H and O–H groups in total. The monoisotopic (exact) mass is 675 g/mol. The first-order chi connectivity index (χ1) is 22.0. The van der Waals surface area contributed by atoms with Crippen LogP contribution in [0.3, 0.4) is 0 Å². The number of hydrogen-bond donors (Lipinski definition) is 3. The zero-order chi connectivity index (χ0) is 34.9. The highest BCUT2D eigenvalue weighted by molar-refractivity contribution is 7.89. The van der Waals surface area contributed by atoms with Gasteiger partial charge in [0.15, 0.2) is 0 Å². The van der Waals surface area contributed by atoms with Crippen molar-refractivity contribution in [3.05, 3.63) is 59.2 Å². The largest absolute Gasteiger partial charge is 0.872 e. The molecular formula is C32H45N5O9S. The molecule has 1 aliphatic heterocycles. The molecule has 1 aliphatic rings. The molecule has 0 bridgehead atoms. The fourth-order valence-corrected chi connectivity index (χ4v) is 5.92. The summed E-state index contributed by atoms with van der Waals surface area (Å²) in [7, 11) is -3.04. The van der Waals surface area contributed by atoms with E-state index in [4.69, 9.17) is 19.6 Å². The highest BCUT2D eigenvalue weighted by Crippen LogP contribution is 2.26. The van der Waals surface area contributed by atoms with Crippen LogP contribution in [-0.2, 0) is 40.2 Å². The first-order valence-electron chi connectivity index (χ1n) is 15.4. The topological polar surface area (TPSA) is 195 Å². The zero-order valence-electron chi connectivity index (χ0n) is 27.7. The Hall–Kier alpha value is -4.05. The van der Waals surface area contributed by atoms with Crippen molar-refractivity contribution in [1.82, 2.24) is 14.5 Å². The van der Waals surface area contributed by atoms with Gasteiger partial charge in [0.25, 0.3) is 0 Å². The number of carbonyl (C=O) groups excluding carboxylic acids is 3. The molecule has 1 saturated heterocycles. The average Bonchev–Trinajstić information content (AvgIpc) is 3.02. The summed E-state index contributed by atoms with van der Waals surface area (Å²) in [5, 5.41) is 24.8. The maximum absolute atomic E-state index is 14.0. The van der Waals surface area contributed by atoms with Crippen molar-refractivity contribution in [2.24, 2.45) is 5.41 Å². The third-order valence-corrected chi connectivity index (χ3v) is 9.25. The van der Waals surface area contributed by atoms with E-state index in [0.717, 1.165) is 27.6 Å². The number of hydrogen-bond acceptors (Lipinski definition) is 10. The summed E-state index contributed by atoms with van der Waals surface area (Å²) in [6, 6.07) is 10.9. The van der Waals surface area contributed by atoms with Gasteiger partial charge in [0.05, 0.1) is 37.1 Å². The third-order valence-electron chi connectivity index (χ3n) is 7.38. The van der Waals surface area contributed by atoms with E-state index in [1.165, 1.54) is 23.3 Å². The number of benzene rings is 2. The van der Waals surface area contributed by atoms with E-state index in [-0.39, 0.29) is 18.5 Å². The van der Waals surface area contributed by atoms with Crippen molar-refractivity contribution in [2.75, 3.05) is 46.4 Å². The summed E-state index contributed by atoms with van der Waals surface area (Å²) in [6.45, 7) is 9.74. The summed E-state index contributed by atoms with van der Waals surface area (Å²) in [4.78, 5) is 38.7. The molecule has 2 aromatic carbocycles. The highest BCUT2D eigenvalue weighted by Gasteiger charge is 2.31. The maximum atomic E-state index is 14.0. The van der Waals surface area contributed by atoms with E-state index in [9.17, 15) is 27.9 Å². The Bertz CT molecular complexity index is 1530. The van der Waals surface area contributed by atoms with Crippen LogP contribution in [0, 0.1) is 10.8 Å². The molecule has 1 atom stereocenters. The van der Waals surface area contributed by atoms with Gasteiger partial charge in [-0.2, -0.15) is 4.31 Å². The van der Waals surface area contributed by atoms with Gasteiger partial charge in [-0.15, -0.1) is 0 Å². The summed E-state index contributed by atoms with van der Waals surface area (Å²) in [6.07, 6.45) is -2.20. The molecule has 47 heavy (non-hydrogen) atoms. The normalized spacial score (nSPS) is 14.5. The Balaban J connectivity index is 1.82. The van der Waals surface area contributed by atoms with Crippen LogP contribution in [0.2, 0.25) is 0 Å². The Morgan fingerprint density at radius 3 is 2.30 bits per heavy atom. The minimum absolute atomic E-state index is 0.0900. The second-order valence-corrected chi connectivity index (χ2v) is 14.3. The number of ether oxygens (including phenoxy) is 3. The quantitative estimate of drug-likeness (QED) is 0.128. The Morgan fingerprint density at radius 1 is 1.09 bits per heavy atom. The molecule has 0 spiro atoms. The standard InChI is InChI=1S/C32H45N5O9S/c1-21(2)23-9-7-22(8-10-23)13-14-37(20-27(39)36-15-17-44-18-16-36)47(42,43)26-19-24(11-12-25(26)38)28(33)35-30(41)46-31(34-6)45-29(40)32(3,4)5/h7-12,19,21,31,34,38H,13-18,20H2,1-6H3,(H2,33,35,41). The van der Waals surface area contributed by atoms with E-state index >= 15 is 0 Å². The zero-order valence-corrected chi connectivity index (χ0v) is 28.5. The van der Waals surface area contributed by atoms with Crippen LogP contribution in [-0.4, -0.2) is 94.3 Å².